The van der Waals surface area contributed by atoms with Crippen LogP contribution in [0, 0.1) is 0 Å². The van der Waals surface area contributed by atoms with Gasteiger partial charge in [0, 0.05) is 18.8 Å². The Labute approximate surface area is 214 Å². The lowest BCUT2D eigenvalue weighted by Gasteiger charge is -2.25. The number of carbonyl (C=O) groups excluding carboxylic acids is 1. The molecule has 8 nitrogen and oxygen atoms in total. The minimum atomic E-state index is -3.47. The molecule has 1 heterocycles. The molecule has 2 atom stereocenters. The molecule has 2 N–H and O–H groups in total. The van der Waals surface area contributed by atoms with Crippen molar-refractivity contribution in [2.75, 3.05) is 17.1 Å². The molecule has 0 fully saturated rings. The van der Waals surface area contributed by atoms with Gasteiger partial charge in [-0.15, -0.1) is 0 Å². The first kappa shape index (κ1) is 27.4. The minimum Gasteiger partial charge on any atom is -0.389 e. The van der Waals surface area contributed by atoms with Gasteiger partial charge < -0.3 is 10.4 Å². The smallest absolute Gasteiger partial charge is 0.251 e. The number of nitrogens with zero attached hydrogens (tertiary/aromatic N) is 3. The van der Waals surface area contributed by atoms with Crippen LogP contribution in [-0.4, -0.2) is 54.2 Å². The maximum atomic E-state index is 13.2. The monoisotopic (exact) mass is 512 g/mol. The zero-order valence-electron chi connectivity index (χ0n) is 21.3. The minimum absolute atomic E-state index is 0.0250. The molecule has 3 rings (SSSR count). The van der Waals surface area contributed by atoms with Crippen molar-refractivity contribution in [2.45, 2.75) is 58.2 Å². The van der Waals surface area contributed by atoms with E-state index in [0.717, 1.165) is 11.3 Å². The highest BCUT2D eigenvalue weighted by molar-refractivity contribution is 7.92. The normalized spacial score (nSPS) is 13.4. The van der Waals surface area contributed by atoms with Crippen molar-refractivity contribution >= 4 is 21.6 Å². The van der Waals surface area contributed by atoms with Gasteiger partial charge in [0.25, 0.3) is 5.91 Å². The van der Waals surface area contributed by atoms with Gasteiger partial charge in [0.2, 0.25) is 10.0 Å². The summed E-state index contributed by atoms with van der Waals surface area (Å²) in [6.45, 7) is 6.14. The second-order valence-electron chi connectivity index (χ2n) is 9.29. The van der Waals surface area contributed by atoms with Crippen molar-refractivity contribution in [3.63, 3.8) is 0 Å². The van der Waals surface area contributed by atoms with E-state index in [9.17, 15) is 18.3 Å². The summed E-state index contributed by atoms with van der Waals surface area (Å²) in [5, 5.41) is 18.6. The fourth-order valence-corrected chi connectivity index (χ4v) is 5.13. The molecule has 0 aliphatic heterocycles. The third kappa shape index (κ3) is 7.18. The highest BCUT2D eigenvalue weighted by Crippen LogP contribution is 2.19. The van der Waals surface area contributed by atoms with Crippen molar-refractivity contribution in [1.82, 2.24) is 15.1 Å². The van der Waals surface area contributed by atoms with Gasteiger partial charge in [-0.05, 0) is 48.6 Å². The van der Waals surface area contributed by atoms with Gasteiger partial charge in [-0.1, -0.05) is 57.2 Å². The van der Waals surface area contributed by atoms with Crippen LogP contribution in [0.2, 0.25) is 0 Å². The number of aliphatic hydroxyl groups is 1. The molecule has 2 aromatic carbocycles. The van der Waals surface area contributed by atoms with Crippen molar-refractivity contribution in [3.8, 4) is 0 Å². The molecule has 0 aliphatic carbocycles. The average molecular weight is 513 g/mol. The molecule has 0 saturated heterocycles. The number of sulfonamides is 1. The molecule has 0 bridgehead atoms. The SMILES string of the molecule is CCCS(=O)(=O)N(C)c1cccc(C(=O)N[C@@H](Cc2ccccc2)[C@H](O)Cn2ccc(C(C)C)n2)c1. The quantitative estimate of drug-likeness (QED) is 0.386. The number of benzene rings is 2. The molecule has 3 aromatic rings. The van der Waals surface area contributed by atoms with Gasteiger partial charge in [-0.3, -0.25) is 13.8 Å². The van der Waals surface area contributed by atoms with Crippen LogP contribution in [0.15, 0.2) is 66.9 Å². The Balaban J connectivity index is 1.81. The number of rotatable bonds is 12. The summed E-state index contributed by atoms with van der Waals surface area (Å²) in [7, 11) is -1.98. The summed E-state index contributed by atoms with van der Waals surface area (Å²) in [4.78, 5) is 13.2. The van der Waals surface area contributed by atoms with E-state index in [1.54, 1.807) is 35.9 Å². The molecular weight excluding hydrogens is 476 g/mol. The molecular formula is C27H36N4O4S. The molecule has 1 aromatic heterocycles. The number of anilines is 1. The number of amides is 1. The van der Waals surface area contributed by atoms with Gasteiger partial charge in [0.1, 0.15) is 0 Å². The molecule has 194 valence electrons. The van der Waals surface area contributed by atoms with E-state index in [-0.39, 0.29) is 24.1 Å². The first-order chi connectivity index (χ1) is 17.1. The zero-order valence-corrected chi connectivity index (χ0v) is 22.1. The largest absolute Gasteiger partial charge is 0.389 e. The Hall–Kier alpha value is -3.17. The summed E-state index contributed by atoms with van der Waals surface area (Å²) in [5.74, 6) is -0.0896. The lowest BCUT2D eigenvalue weighted by atomic mass is 10.0. The number of carbonyl (C=O) groups is 1. The second kappa shape index (κ2) is 12.2. The van der Waals surface area contributed by atoms with Gasteiger partial charge >= 0.3 is 0 Å². The van der Waals surface area contributed by atoms with Gasteiger partial charge in [-0.25, -0.2) is 8.42 Å². The summed E-state index contributed by atoms with van der Waals surface area (Å²) in [6, 6.07) is 17.5. The lowest BCUT2D eigenvalue weighted by Crippen LogP contribution is -2.46. The fraction of sp³-hybridized carbons (Fsp3) is 0.407. The van der Waals surface area contributed by atoms with Crippen LogP contribution in [0.3, 0.4) is 0 Å². The van der Waals surface area contributed by atoms with E-state index in [0.29, 0.717) is 24.1 Å². The van der Waals surface area contributed by atoms with Gasteiger partial charge in [-0.2, -0.15) is 5.10 Å². The number of hydrogen-bond donors (Lipinski definition) is 2. The molecule has 1 amide bonds. The molecule has 9 heteroatoms. The summed E-state index contributed by atoms with van der Waals surface area (Å²) in [6.07, 6.45) is 1.86. The topological polar surface area (TPSA) is 105 Å². The Morgan fingerprint density at radius 3 is 2.47 bits per heavy atom. The lowest BCUT2D eigenvalue weighted by molar-refractivity contribution is 0.0780. The van der Waals surface area contributed by atoms with Crippen LogP contribution < -0.4 is 9.62 Å². The predicted octanol–water partition coefficient (Wildman–Crippen LogP) is 3.58. The van der Waals surface area contributed by atoms with E-state index < -0.39 is 22.2 Å². The second-order valence-corrected chi connectivity index (χ2v) is 11.4. The van der Waals surface area contributed by atoms with E-state index >= 15 is 0 Å². The number of aromatic nitrogens is 2. The third-order valence-electron chi connectivity index (χ3n) is 6.06. The fourth-order valence-electron chi connectivity index (χ4n) is 3.91. The maximum Gasteiger partial charge on any atom is 0.251 e. The van der Waals surface area contributed by atoms with Crippen molar-refractivity contribution in [3.05, 3.63) is 83.7 Å². The van der Waals surface area contributed by atoms with E-state index in [1.807, 2.05) is 42.6 Å². The Morgan fingerprint density at radius 2 is 1.83 bits per heavy atom. The van der Waals surface area contributed by atoms with Crippen molar-refractivity contribution < 1.29 is 18.3 Å². The predicted molar refractivity (Wildman–Crippen MR) is 143 cm³/mol. The number of nitrogens with one attached hydrogen (secondary N) is 1. The summed E-state index contributed by atoms with van der Waals surface area (Å²) >= 11 is 0. The Bertz CT molecular complexity index is 1240. The highest BCUT2D eigenvalue weighted by Gasteiger charge is 2.24. The molecule has 0 aliphatic rings. The van der Waals surface area contributed by atoms with Crippen molar-refractivity contribution in [1.29, 1.82) is 0 Å². The molecule has 0 spiro atoms. The molecule has 0 radical (unpaired) electrons. The van der Waals surface area contributed by atoms with Gasteiger partial charge in [0.15, 0.2) is 0 Å². The molecule has 36 heavy (non-hydrogen) atoms. The number of hydrogen-bond acceptors (Lipinski definition) is 5. The van der Waals surface area contributed by atoms with Crippen LogP contribution in [-0.2, 0) is 23.0 Å². The first-order valence-corrected chi connectivity index (χ1v) is 13.8. The summed E-state index contributed by atoms with van der Waals surface area (Å²) in [5.41, 5.74) is 2.64. The first-order valence-electron chi connectivity index (χ1n) is 12.2. The highest BCUT2D eigenvalue weighted by atomic mass is 32.2. The van der Waals surface area contributed by atoms with Crippen LogP contribution >= 0.6 is 0 Å². The van der Waals surface area contributed by atoms with Crippen LogP contribution in [0.5, 0.6) is 0 Å². The standard InChI is InChI=1S/C27H36N4O4S/c1-5-16-36(34,35)30(4)23-13-9-12-22(18-23)27(33)28-25(17-21-10-7-6-8-11-21)26(32)19-31-15-14-24(29-31)20(2)3/h6-15,18,20,25-26,32H,5,16-17,19H2,1-4H3,(H,28,33)/t25-,26+/m0/s1. The van der Waals surface area contributed by atoms with Crippen LogP contribution in [0.25, 0.3) is 0 Å². The maximum absolute atomic E-state index is 13.2. The summed E-state index contributed by atoms with van der Waals surface area (Å²) < 4.78 is 27.9. The zero-order chi connectivity index (χ0) is 26.3. The third-order valence-corrected chi connectivity index (χ3v) is 8.03. The van der Waals surface area contributed by atoms with E-state index in [2.05, 4.69) is 24.3 Å². The molecule has 0 saturated carbocycles. The molecule has 0 unspecified atom stereocenters. The average Bonchev–Trinajstić information content (AvgIpc) is 3.32. The van der Waals surface area contributed by atoms with Crippen molar-refractivity contribution in [2.24, 2.45) is 0 Å². The number of aliphatic hydroxyl groups excluding tert-OH is 1. The Morgan fingerprint density at radius 1 is 1.11 bits per heavy atom. The van der Waals surface area contributed by atoms with Crippen LogP contribution in [0.4, 0.5) is 5.69 Å². The van der Waals surface area contributed by atoms with Crippen LogP contribution in [0.1, 0.15) is 54.7 Å². The van der Waals surface area contributed by atoms with E-state index in [1.165, 1.54) is 11.4 Å². The Kier molecular flexibility index (Phi) is 9.28. The van der Waals surface area contributed by atoms with E-state index in [4.69, 9.17) is 0 Å². The van der Waals surface area contributed by atoms with Gasteiger partial charge in [0.05, 0.1) is 35.8 Å².